The molecule has 31 heavy (non-hydrogen) atoms. The predicted octanol–water partition coefficient (Wildman–Crippen LogP) is 4.08. The summed E-state index contributed by atoms with van der Waals surface area (Å²) in [7, 11) is 3.41. The molecular weight excluding hydrogens is 459 g/mol. The van der Waals surface area contributed by atoms with Crippen LogP contribution in [0.15, 0.2) is 47.6 Å². The fourth-order valence-electron chi connectivity index (χ4n) is 2.71. The van der Waals surface area contributed by atoms with Gasteiger partial charge < -0.3 is 14.6 Å². The average Bonchev–Trinajstić information content (AvgIpc) is 3.13. The van der Waals surface area contributed by atoms with Gasteiger partial charge in [-0.2, -0.15) is 0 Å². The van der Waals surface area contributed by atoms with Crippen LogP contribution in [0.5, 0.6) is 5.75 Å². The van der Waals surface area contributed by atoms with Gasteiger partial charge in [0.2, 0.25) is 0 Å². The Morgan fingerprint density at radius 2 is 1.77 bits per heavy atom. The lowest BCUT2D eigenvalue weighted by atomic mass is 10.1. The highest BCUT2D eigenvalue weighted by molar-refractivity contribution is 7.99. The molecule has 0 aliphatic carbocycles. The third kappa shape index (κ3) is 6.00. The molecule has 0 radical (unpaired) electrons. The van der Waals surface area contributed by atoms with Gasteiger partial charge >= 0.3 is 0 Å². The fourth-order valence-corrected chi connectivity index (χ4v) is 3.83. The number of Topliss-reactive ketones (excluding diaryl/α,β-unsaturated/α-hetero) is 1. The number of thioether (sulfide) groups is 1. The van der Waals surface area contributed by atoms with Crippen LogP contribution in [0.3, 0.4) is 0 Å². The van der Waals surface area contributed by atoms with E-state index in [4.69, 9.17) is 27.9 Å². The Balaban J connectivity index is 1.50. The van der Waals surface area contributed by atoms with E-state index >= 15 is 0 Å². The summed E-state index contributed by atoms with van der Waals surface area (Å²) in [5.74, 6) is 1.39. The first-order valence-electron chi connectivity index (χ1n) is 9.30. The van der Waals surface area contributed by atoms with E-state index in [1.165, 1.54) is 17.8 Å². The average molecular weight is 479 g/mol. The number of ketones is 1. The minimum atomic E-state index is -0.250. The van der Waals surface area contributed by atoms with Crippen molar-refractivity contribution in [2.75, 3.05) is 19.4 Å². The maximum absolute atomic E-state index is 12.4. The number of amides is 1. The number of benzene rings is 2. The largest absolute Gasteiger partial charge is 0.497 e. The van der Waals surface area contributed by atoms with Crippen molar-refractivity contribution in [1.82, 2.24) is 20.1 Å². The van der Waals surface area contributed by atoms with E-state index in [1.807, 2.05) is 11.6 Å². The molecule has 0 bridgehead atoms. The molecule has 3 rings (SSSR count). The van der Waals surface area contributed by atoms with Gasteiger partial charge in [0.25, 0.3) is 5.91 Å². The molecule has 1 N–H and O–H groups in total. The molecule has 1 aromatic heterocycles. The molecule has 10 heteroatoms. The summed E-state index contributed by atoms with van der Waals surface area (Å²) in [4.78, 5) is 24.6. The number of ether oxygens (including phenoxy) is 1. The van der Waals surface area contributed by atoms with Crippen molar-refractivity contribution in [2.45, 2.75) is 11.6 Å². The Bertz CT molecular complexity index is 1090. The number of rotatable bonds is 9. The van der Waals surface area contributed by atoms with Gasteiger partial charge in [-0.25, -0.2) is 0 Å². The normalized spacial score (nSPS) is 10.7. The van der Waals surface area contributed by atoms with Crippen molar-refractivity contribution in [1.29, 1.82) is 0 Å². The monoisotopic (exact) mass is 478 g/mol. The van der Waals surface area contributed by atoms with Crippen LogP contribution in [-0.4, -0.2) is 45.9 Å². The van der Waals surface area contributed by atoms with E-state index in [0.717, 1.165) is 0 Å². The zero-order chi connectivity index (χ0) is 22.4. The summed E-state index contributed by atoms with van der Waals surface area (Å²) >= 11 is 13.1. The van der Waals surface area contributed by atoms with Crippen molar-refractivity contribution in [2.24, 2.45) is 7.05 Å². The molecule has 0 spiro atoms. The van der Waals surface area contributed by atoms with Crippen LogP contribution < -0.4 is 10.1 Å². The summed E-state index contributed by atoms with van der Waals surface area (Å²) in [6, 6.07) is 11.7. The van der Waals surface area contributed by atoms with Crippen molar-refractivity contribution in [3.8, 4) is 5.75 Å². The number of hydrogen-bond acceptors (Lipinski definition) is 6. The van der Waals surface area contributed by atoms with E-state index in [9.17, 15) is 9.59 Å². The molecule has 162 valence electrons. The predicted molar refractivity (Wildman–Crippen MR) is 122 cm³/mol. The third-order valence-corrected chi connectivity index (χ3v) is 6.24. The minimum Gasteiger partial charge on any atom is -0.497 e. The first-order chi connectivity index (χ1) is 14.9. The van der Waals surface area contributed by atoms with Crippen molar-refractivity contribution in [3.63, 3.8) is 0 Å². The maximum Gasteiger partial charge on any atom is 0.251 e. The zero-order valence-electron chi connectivity index (χ0n) is 16.9. The molecule has 0 atom stereocenters. The first-order valence-corrected chi connectivity index (χ1v) is 11.0. The molecule has 1 amide bonds. The standard InChI is InChI=1S/C21H20Cl2N4O3S/c1-27-19(9-10-24-20(29)14-5-8-16(22)17(23)11-14)25-26-21(27)31-12-18(28)13-3-6-15(30-2)7-4-13/h3-8,11H,9-10,12H2,1-2H3,(H,24,29). The molecule has 3 aromatic rings. The molecule has 0 unspecified atom stereocenters. The van der Waals surface area contributed by atoms with E-state index in [0.29, 0.717) is 50.9 Å². The highest BCUT2D eigenvalue weighted by atomic mass is 35.5. The Kier molecular flexibility index (Phi) is 7.95. The molecule has 7 nitrogen and oxygen atoms in total. The summed E-state index contributed by atoms with van der Waals surface area (Å²) in [5, 5.41) is 12.5. The zero-order valence-corrected chi connectivity index (χ0v) is 19.2. The second-order valence-electron chi connectivity index (χ2n) is 6.53. The first kappa shape index (κ1) is 23.1. The fraction of sp³-hybridized carbons (Fsp3) is 0.238. The Morgan fingerprint density at radius 3 is 2.45 bits per heavy atom. The SMILES string of the molecule is COc1ccc(C(=O)CSc2nnc(CCNC(=O)c3ccc(Cl)c(Cl)c3)n2C)cc1. The van der Waals surface area contributed by atoms with Crippen LogP contribution in [0, 0.1) is 0 Å². The van der Waals surface area contributed by atoms with Gasteiger partial charge in [-0.1, -0.05) is 35.0 Å². The van der Waals surface area contributed by atoms with E-state index < -0.39 is 0 Å². The van der Waals surface area contributed by atoms with Crippen LogP contribution in [0.25, 0.3) is 0 Å². The van der Waals surface area contributed by atoms with Crippen molar-refractivity contribution >= 4 is 46.7 Å². The van der Waals surface area contributed by atoms with E-state index in [1.54, 1.807) is 43.5 Å². The second-order valence-corrected chi connectivity index (χ2v) is 8.29. The Labute approximate surface area is 194 Å². The number of methoxy groups -OCH3 is 1. The van der Waals surface area contributed by atoms with Gasteiger partial charge in [-0.15, -0.1) is 10.2 Å². The number of aromatic nitrogens is 3. The lowest BCUT2D eigenvalue weighted by Gasteiger charge is -2.07. The highest BCUT2D eigenvalue weighted by Gasteiger charge is 2.14. The summed E-state index contributed by atoms with van der Waals surface area (Å²) < 4.78 is 6.92. The molecule has 2 aromatic carbocycles. The lowest BCUT2D eigenvalue weighted by molar-refractivity contribution is 0.0953. The van der Waals surface area contributed by atoms with Gasteiger partial charge in [-0.3, -0.25) is 9.59 Å². The quantitative estimate of drug-likeness (QED) is 0.368. The van der Waals surface area contributed by atoms with E-state index in [-0.39, 0.29) is 17.4 Å². The molecule has 0 saturated carbocycles. The van der Waals surface area contributed by atoms with Crippen molar-refractivity contribution in [3.05, 3.63) is 69.5 Å². The number of carbonyl (C=O) groups excluding carboxylic acids is 2. The van der Waals surface area contributed by atoms with Gasteiger partial charge in [-0.05, 0) is 42.5 Å². The van der Waals surface area contributed by atoms with Crippen LogP contribution in [0.2, 0.25) is 10.0 Å². The highest BCUT2D eigenvalue weighted by Crippen LogP contribution is 2.22. The van der Waals surface area contributed by atoms with Crippen LogP contribution >= 0.6 is 35.0 Å². The number of nitrogens with zero attached hydrogens (tertiary/aromatic N) is 3. The summed E-state index contributed by atoms with van der Waals surface area (Å²) in [5.41, 5.74) is 1.04. The number of carbonyl (C=O) groups is 2. The molecule has 1 heterocycles. The van der Waals surface area contributed by atoms with Crippen LogP contribution in [0.1, 0.15) is 26.5 Å². The number of halogens is 2. The van der Waals surface area contributed by atoms with E-state index in [2.05, 4.69) is 15.5 Å². The van der Waals surface area contributed by atoms with Crippen molar-refractivity contribution < 1.29 is 14.3 Å². The summed E-state index contributed by atoms with van der Waals surface area (Å²) in [6.45, 7) is 0.375. The lowest BCUT2D eigenvalue weighted by Crippen LogP contribution is -2.26. The molecule has 0 saturated heterocycles. The Hall–Kier alpha value is -2.55. The molecule has 0 aliphatic rings. The van der Waals surface area contributed by atoms with Gasteiger partial charge in [0, 0.05) is 31.1 Å². The van der Waals surface area contributed by atoms with Gasteiger partial charge in [0.05, 0.1) is 22.9 Å². The second kappa shape index (κ2) is 10.7. The molecule has 0 aliphatic heterocycles. The Morgan fingerprint density at radius 1 is 1.06 bits per heavy atom. The van der Waals surface area contributed by atoms with Crippen LogP contribution in [-0.2, 0) is 13.5 Å². The molecular formula is C21H20Cl2N4O3S. The topological polar surface area (TPSA) is 86.1 Å². The van der Waals surface area contributed by atoms with Gasteiger partial charge in [0.15, 0.2) is 10.9 Å². The maximum atomic E-state index is 12.4. The van der Waals surface area contributed by atoms with Crippen LogP contribution in [0.4, 0.5) is 0 Å². The number of nitrogens with one attached hydrogen (secondary N) is 1. The number of hydrogen-bond donors (Lipinski definition) is 1. The third-order valence-electron chi connectivity index (χ3n) is 4.49. The minimum absolute atomic E-state index is 0.00825. The molecule has 0 fully saturated rings. The smallest absolute Gasteiger partial charge is 0.251 e. The summed E-state index contributed by atoms with van der Waals surface area (Å²) in [6.07, 6.45) is 0.490. The van der Waals surface area contributed by atoms with Gasteiger partial charge in [0.1, 0.15) is 11.6 Å².